The van der Waals surface area contributed by atoms with Gasteiger partial charge in [-0.15, -0.1) is 22.7 Å². The summed E-state index contributed by atoms with van der Waals surface area (Å²) in [4.78, 5) is 5.17. The number of aromatic nitrogens is 1. The number of nitrogens with zero attached hydrogens (tertiary/aromatic N) is 1. The number of rotatable bonds is 2. The maximum atomic E-state index is 10.00. The van der Waals surface area contributed by atoms with Crippen molar-refractivity contribution in [3.63, 3.8) is 0 Å². The smallest absolute Gasteiger partial charge is 0.132 e. The fourth-order valence-corrected chi connectivity index (χ4v) is 3.36. The molecule has 1 atom stereocenters. The van der Waals surface area contributed by atoms with E-state index in [1.54, 1.807) is 11.3 Å². The fraction of sp³-hybridized carbons (Fsp3) is 0.222. The topological polar surface area (TPSA) is 33.1 Å². The number of hydrogen-bond donors (Lipinski definition) is 1. The minimum Gasteiger partial charge on any atom is -0.381 e. The molecule has 0 bridgehead atoms. The van der Waals surface area contributed by atoms with Crippen LogP contribution in [0, 0.1) is 6.92 Å². The molecule has 0 saturated heterocycles. The second-order valence-corrected chi connectivity index (χ2v) is 5.69. The van der Waals surface area contributed by atoms with Gasteiger partial charge in [-0.1, -0.05) is 0 Å². The highest BCUT2D eigenvalue weighted by Crippen LogP contribution is 2.33. The van der Waals surface area contributed by atoms with Crippen LogP contribution in [0.15, 0.2) is 21.3 Å². The van der Waals surface area contributed by atoms with Crippen molar-refractivity contribution in [2.24, 2.45) is 0 Å². The summed E-state index contributed by atoms with van der Waals surface area (Å²) in [6, 6.07) is 1.93. The first kappa shape index (κ1) is 10.3. The average Bonchev–Trinajstić information content (AvgIpc) is 2.73. The molecule has 14 heavy (non-hydrogen) atoms. The molecule has 0 aliphatic heterocycles. The molecule has 1 unspecified atom stereocenters. The SMILES string of the molecule is Cc1nc(C(O)c2sccc2Br)cs1. The van der Waals surface area contributed by atoms with E-state index in [1.807, 2.05) is 23.8 Å². The first-order valence-electron chi connectivity index (χ1n) is 4.01. The van der Waals surface area contributed by atoms with Gasteiger partial charge in [0.05, 0.1) is 15.6 Å². The van der Waals surface area contributed by atoms with Gasteiger partial charge in [-0.2, -0.15) is 0 Å². The molecule has 1 N–H and O–H groups in total. The van der Waals surface area contributed by atoms with Crippen molar-refractivity contribution in [2.45, 2.75) is 13.0 Å². The molecule has 0 radical (unpaired) electrons. The van der Waals surface area contributed by atoms with Crippen molar-refractivity contribution in [2.75, 3.05) is 0 Å². The van der Waals surface area contributed by atoms with Gasteiger partial charge in [0, 0.05) is 9.85 Å². The molecular weight excluding hydrogens is 282 g/mol. The van der Waals surface area contributed by atoms with Crippen molar-refractivity contribution >= 4 is 38.6 Å². The first-order chi connectivity index (χ1) is 6.68. The van der Waals surface area contributed by atoms with Gasteiger partial charge in [0.2, 0.25) is 0 Å². The van der Waals surface area contributed by atoms with Crippen LogP contribution in [0.1, 0.15) is 21.7 Å². The molecule has 74 valence electrons. The van der Waals surface area contributed by atoms with Crippen LogP contribution < -0.4 is 0 Å². The Labute approximate surface area is 98.4 Å². The average molecular weight is 290 g/mol. The van der Waals surface area contributed by atoms with Gasteiger partial charge in [0.1, 0.15) is 6.10 Å². The van der Waals surface area contributed by atoms with Crippen LogP contribution in [0.3, 0.4) is 0 Å². The van der Waals surface area contributed by atoms with E-state index in [0.29, 0.717) is 0 Å². The Kier molecular flexibility index (Phi) is 3.02. The zero-order chi connectivity index (χ0) is 10.1. The quantitative estimate of drug-likeness (QED) is 0.920. The van der Waals surface area contributed by atoms with E-state index in [2.05, 4.69) is 20.9 Å². The second kappa shape index (κ2) is 4.10. The molecule has 0 saturated carbocycles. The number of thiazole rings is 1. The molecule has 5 heteroatoms. The standard InChI is InChI=1S/C9H8BrNOS2/c1-5-11-7(4-14-5)8(12)9-6(10)2-3-13-9/h2-4,8,12H,1H3. The van der Waals surface area contributed by atoms with Gasteiger partial charge in [-0.05, 0) is 34.3 Å². The van der Waals surface area contributed by atoms with Crippen molar-refractivity contribution in [3.05, 3.63) is 36.9 Å². The van der Waals surface area contributed by atoms with Crippen molar-refractivity contribution in [3.8, 4) is 0 Å². The maximum absolute atomic E-state index is 10.00. The van der Waals surface area contributed by atoms with Gasteiger partial charge >= 0.3 is 0 Å². The third kappa shape index (κ3) is 1.91. The summed E-state index contributed by atoms with van der Waals surface area (Å²) in [6.07, 6.45) is -0.602. The Bertz CT molecular complexity index is 437. The predicted molar refractivity (Wildman–Crippen MR) is 62.9 cm³/mol. The molecule has 0 aliphatic carbocycles. The monoisotopic (exact) mass is 289 g/mol. The summed E-state index contributed by atoms with van der Waals surface area (Å²) < 4.78 is 0.945. The molecule has 2 rings (SSSR count). The van der Waals surface area contributed by atoms with Crippen LogP contribution >= 0.6 is 38.6 Å². The Balaban J connectivity index is 2.33. The normalized spacial score (nSPS) is 13.1. The molecule has 0 spiro atoms. The highest BCUT2D eigenvalue weighted by Gasteiger charge is 2.17. The third-order valence-electron chi connectivity index (χ3n) is 1.81. The van der Waals surface area contributed by atoms with Gasteiger partial charge in [0.15, 0.2) is 0 Å². The zero-order valence-corrected chi connectivity index (χ0v) is 10.6. The summed E-state index contributed by atoms with van der Waals surface area (Å²) in [5.41, 5.74) is 0.732. The molecule has 2 aromatic heterocycles. The predicted octanol–water partition coefficient (Wildman–Crippen LogP) is 3.36. The number of aryl methyl sites for hydroxylation is 1. The lowest BCUT2D eigenvalue weighted by Gasteiger charge is -2.05. The molecule has 2 nitrogen and oxygen atoms in total. The largest absolute Gasteiger partial charge is 0.381 e. The lowest BCUT2D eigenvalue weighted by Crippen LogP contribution is -1.97. The highest BCUT2D eigenvalue weighted by molar-refractivity contribution is 9.10. The van der Waals surface area contributed by atoms with Crippen LogP contribution in [-0.2, 0) is 0 Å². The minimum atomic E-state index is -0.602. The van der Waals surface area contributed by atoms with E-state index < -0.39 is 6.10 Å². The van der Waals surface area contributed by atoms with Crippen LogP contribution in [0.25, 0.3) is 0 Å². The zero-order valence-electron chi connectivity index (χ0n) is 7.40. The lowest BCUT2D eigenvalue weighted by molar-refractivity contribution is 0.219. The van der Waals surface area contributed by atoms with E-state index >= 15 is 0 Å². The number of thiophene rings is 1. The van der Waals surface area contributed by atoms with Gasteiger partial charge in [-0.3, -0.25) is 0 Å². The molecule has 0 aliphatic rings. The summed E-state index contributed by atoms with van der Waals surface area (Å²) in [5, 5.41) is 14.8. The Morgan fingerprint density at radius 1 is 1.50 bits per heavy atom. The Morgan fingerprint density at radius 3 is 2.79 bits per heavy atom. The van der Waals surface area contributed by atoms with E-state index in [-0.39, 0.29) is 0 Å². The fourth-order valence-electron chi connectivity index (χ4n) is 1.14. The van der Waals surface area contributed by atoms with Crippen LogP contribution in [0.4, 0.5) is 0 Å². The molecule has 2 heterocycles. The van der Waals surface area contributed by atoms with Gasteiger partial charge in [-0.25, -0.2) is 4.98 Å². The van der Waals surface area contributed by atoms with Crippen LogP contribution in [0.5, 0.6) is 0 Å². The summed E-state index contributed by atoms with van der Waals surface area (Å²) in [5.74, 6) is 0. The number of halogens is 1. The second-order valence-electron chi connectivity index (χ2n) is 2.83. The number of aliphatic hydroxyl groups is 1. The third-order valence-corrected chi connectivity index (χ3v) is 4.53. The number of aliphatic hydroxyl groups excluding tert-OH is 1. The molecule has 0 aromatic carbocycles. The number of hydrogen-bond acceptors (Lipinski definition) is 4. The summed E-state index contributed by atoms with van der Waals surface area (Å²) >= 11 is 6.48. The van der Waals surface area contributed by atoms with E-state index in [4.69, 9.17) is 0 Å². The first-order valence-corrected chi connectivity index (χ1v) is 6.56. The van der Waals surface area contributed by atoms with Crippen molar-refractivity contribution in [1.82, 2.24) is 4.98 Å². The van der Waals surface area contributed by atoms with Crippen LogP contribution in [-0.4, -0.2) is 10.1 Å². The maximum Gasteiger partial charge on any atom is 0.132 e. The Morgan fingerprint density at radius 2 is 2.29 bits per heavy atom. The van der Waals surface area contributed by atoms with Crippen molar-refractivity contribution < 1.29 is 5.11 Å². The lowest BCUT2D eigenvalue weighted by atomic mass is 10.2. The van der Waals surface area contributed by atoms with E-state index in [9.17, 15) is 5.11 Å². The molecule has 2 aromatic rings. The highest BCUT2D eigenvalue weighted by atomic mass is 79.9. The van der Waals surface area contributed by atoms with Crippen LogP contribution in [0.2, 0.25) is 0 Å². The minimum absolute atomic E-state index is 0.602. The van der Waals surface area contributed by atoms with E-state index in [1.165, 1.54) is 11.3 Å². The van der Waals surface area contributed by atoms with Gasteiger partial charge < -0.3 is 5.11 Å². The Hall–Kier alpha value is -0.230. The van der Waals surface area contributed by atoms with Crippen molar-refractivity contribution in [1.29, 1.82) is 0 Å². The molecule has 0 amide bonds. The molecular formula is C9H8BrNOS2. The summed E-state index contributed by atoms with van der Waals surface area (Å²) in [7, 11) is 0. The van der Waals surface area contributed by atoms with Gasteiger partial charge in [0.25, 0.3) is 0 Å². The molecule has 0 fully saturated rings. The van der Waals surface area contributed by atoms with E-state index in [0.717, 1.165) is 20.1 Å². The summed E-state index contributed by atoms with van der Waals surface area (Å²) in [6.45, 7) is 1.93.